The van der Waals surface area contributed by atoms with Crippen LogP contribution in [-0.4, -0.2) is 19.3 Å². The summed E-state index contributed by atoms with van der Waals surface area (Å²) in [5.74, 6) is 1.72. The average Bonchev–Trinajstić information content (AvgIpc) is 2.44. The molecule has 0 aliphatic carbocycles. The van der Waals surface area contributed by atoms with Crippen LogP contribution in [0.4, 0.5) is 0 Å². The second-order valence-corrected chi connectivity index (χ2v) is 4.84. The molecule has 2 rings (SSSR count). The molecule has 0 amide bonds. The Hall–Kier alpha value is -2.00. The van der Waals surface area contributed by atoms with E-state index in [2.05, 4.69) is 6.07 Å². The van der Waals surface area contributed by atoms with Crippen molar-refractivity contribution in [3.8, 4) is 11.5 Å². The van der Waals surface area contributed by atoms with E-state index in [1.807, 2.05) is 55.5 Å². The van der Waals surface area contributed by atoms with Crippen LogP contribution in [-0.2, 0) is 6.42 Å². The van der Waals surface area contributed by atoms with E-state index in [4.69, 9.17) is 15.2 Å². The zero-order valence-electron chi connectivity index (χ0n) is 11.8. The summed E-state index contributed by atoms with van der Waals surface area (Å²) < 4.78 is 11.3. The van der Waals surface area contributed by atoms with E-state index in [1.165, 1.54) is 5.56 Å². The summed E-state index contributed by atoms with van der Waals surface area (Å²) in [6.07, 6.45) is 0.859. The number of nitrogens with two attached hydrogens (primary N) is 1. The number of benzene rings is 2. The van der Waals surface area contributed by atoms with E-state index in [0.29, 0.717) is 13.2 Å². The summed E-state index contributed by atoms with van der Waals surface area (Å²) in [7, 11) is 0. The molecule has 3 heteroatoms. The van der Waals surface area contributed by atoms with Crippen LogP contribution < -0.4 is 15.2 Å². The molecule has 0 saturated carbocycles. The predicted octanol–water partition coefficient (Wildman–Crippen LogP) is 3.03. The molecular weight excluding hydrogens is 250 g/mol. The number of para-hydroxylation sites is 1. The van der Waals surface area contributed by atoms with Crippen LogP contribution in [0.15, 0.2) is 54.6 Å². The monoisotopic (exact) mass is 271 g/mol. The first kappa shape index (κ1) is 14.4. The summed E-state index contributed by atoms with van der Waals surface area (Å²) in [5, 5.41) is 0. The molecule has 1 unspecified atom stereocenters. The van der Waals surface area contributed by atoms with Crippen molar-refractivity contribution in [3.63, 3.8) is 0 Å². The Bertz CT molecular complexity index is 511. The highest BCUT2D eigenvalue weighted by Gasteiger charge is 2.00. The van der Waals surface area contributed by atoms with Crippen LogP contribution >= 0.6 is 0 Å². The lowest BCUT2D eigenvalue weighted by Crippen LogP contribution is -2.17. The minimum absolute atomic E-state index is 0.159. The summed E-state index contributed by atoms with van der Waals surface area (Å²) in [5.41, 5.74) is 7.00. The first-order valence-electron chi connectivity index (χ1n) is 6.89. The maximum absolute atomic E-state index is 5.80. The van der Waals surface area contributed by atoms with Gasteiger partial charge >= 0.3 is 0 Å². The summed E-state index contributed by atoms with van der Waals surface area (Å²) in [6, 6.07) is 17.9. The number of rotatable bonds is 7. The fourth-order valence-electron chi connectivity index (χ4n) is 1.97. The van der Waals surface area contributed by atoms with Gasteiger partial charge in [-0.15, -0.1) is 0 Å². The molecule has 2 aromatic rings. The second-order valence-electron chi connectivity index (χ2n) is 4.84. The molecule has 20 heavy (non-hydrogen) atoms. The molecule has 0 fully saturated rings. The maximum atomic E-state index is 5.80. The molecule has 0 heterocycles. The van der Waals surface area contributed by atoms with E-state index in [0.717, 1.165) is 17.9 Å². The zero-order valence-corrected chi connectivity index (χ0v) is 11.8. The third-order valence-corrected chi connectivity index (χ3v) is 2.82. The van der Waals surface area contributed by atoms with Crippen molar-refractivity contribution in [1.82, 2.24) is 0 Å². The average molecular weight is 271 g/mol. The number of hydrogen-bond acceptors (Lipinski definition) is 3. The Morgan fingerprint density at radius 2 is 1.55 bits per heavy atom. The van der Waals surface area contributed by atoms with Gasteiger partial charge in [-0.05, 0) is 43.2 Å². The van der Waals surface area contributed by atoms with Crippen LogP contribution in [0.5, 0.6) is 11.5 Å². The third-order valence-electron chi connectivity index (χ3n) is 2.82. The highest BCUT2D eigenvalue weighted by atomic mass is 16.5. The lowest BCUT2D eigenvalue weighted by Gasteiger charge is -2.10. The molecule has 0 saturated heterocycles. The van der Waals surface area contributed by atoms with Gasteiger partial charge in [-0.1, -0.05) is 30.3 Å². The van der Waals surface area contributed by atoms with E-state index in [-0.39, 0.29) is 6.04 Å². The molecule has 2 N–H and O–H groups in total. The quantitative estimate of drug-likeness (QED) is 0.787. The van der Waals surface area contributed by atoms with E-state index >= 15 is 0 Å². The summed E-state index contributed by atoms with van der Waals surface area (Å²) >= 11 is 0. The minimum Gasteiger partial charge on any atom is -0.490 e. The number of ether oxygens (including phenoxy) is 2. The topological polar surface area (TPSA) is 44.5 Å². The van der Waals surface area contributed by atoms with Crippen molar-refractivity contribution in [2.75, 3.05) is 13.2 Å². The van der Waals surface area contributed by atoms with E-state index < -0.39 is 0 Å². The van der Waals surface area contributed by atoms with Crippen molar-refractivity contribution in [1.29, 1.82) is 0 Å². The SMILES string of the molecule is CC(N)Cc1cccc(OCCOc2ccccc2)c1. The van der Waals surface area contributed by atoms with Crippen molar-refractivity contribution in [2.24, 2.45) is 5.73 Å². The molecule has 106 valence electrons. The Kier molecular flexibility index (Phi) is 5.44. The summed E-state index contributed by atoms with van der Waals surface area (Å²) in [6.45, 7) is 3.05. The number of hydrogen-bond donors (Lipinski definition) is 1. The normalized spacial score (nSPS) is 11.9. The Balaban J connectivity index is 1.76. The molecule has 0 aromatic heterocycles. The van der Waals surface area contributed by atoms with Crippen LogP contribution in [0, 0.1) is 0 Å². The van der Waals surface area contributed by atoms with Crippen LogP contribution in [0.25, 0.3) is 0 Å². The van der Waals surface area contributed by atoms with Crippen LogP contribution in [0.1, 0.15) is 12.5 Å². The molecule has 0 radical (unpaired) electrons. The van der Waals surface area contributed by atoms with Crippen LogP contribution in [0.2, 0.25) is 0 Å². The first-order chi connectivity index (χ1) is 9.74. The Morgan fingerprint density at radius 3 is 2.25 bits per heavy atom. The van der Waals surface area contributed by atoms with Gasteiger partial charge in [0.2, 0.25) is 0 Å². The molecule has 0 spiro atoms. The first-order valence-corrected chi connectivity index (χ1v) is 6.89. The Labute approximate surface area is 120 Å². The lowest BCUT2D eigenvalue weighted by molar-refractivity contribution is 0.217. The highest BCUT2D eigenvalue weighted by molar-refractivity contribution is 5.29. The zero-order chi connectivity index (χ0) is 14.2. The minimum atomic E-state index is 0.159. The largest absolute Gasteiger partial charge is 0.490 e. The second kappa shape index (κ2) is 7.56. The summed E-state index contributed by atoms with van der Waals surface area (Å²) in [4.78, 5) is 0. The van der Waals surface area contributed by atoms with Gasteiger partial charge in [0.15, 0.2) is 0 Å². The van der Waals surface area contributed by atoms with Crippen molar-refractivity contribution in [2.45, 2.75) is 19.4 Å². The van der Waals surface area contributed by atoms with Crippen molar-refractivity contribution in [3.05, 3.63) is 60.2 Å². The van der Waals surface area contributed by atoms with Gasteiger partial charge in [0.05, 0.1) is 0 Å². The van der Waals surface area contributed by atoms with E-state index in [1.54, 1.807) is 0 Å². The fraction of sp³-hybridized carbons (Fsp3) is 0.294. The van der Waals surface area contributed by atoms with Gasteiger partial charge in [-0.2, -0.15) is 0 Å². The van der Waals surface area contributed by atoms with E-state index in [9.17, 15) is 0 Å². The van der Waals surface area contributed by atoms with Gasteiger partial charge in [0.1, 0.15) is 24.7 Å². The predicted molar refractivity (Wildman–Crippen MR) is 81.2 cm³/mol. The molecular formula is C17H21NO2. The molecule has 0 aliphatic heterocycles. The van der Waals surface area contributed by atoms with Gasteiger partial charge in [-0.25, -0.2) is 0 Å². The van der Waals surface area contributed by atoms with Crippen molar-refractivity contribution >= 4 is 0 Å². The van der Waals surface area contributed by atoms with Gasteiger partial charge in [-0.3, -0.25) is 0 Å². The third kappa shape index (κ3) is 4.94. The van der Waals surface area contributed by atoms with Gasteiger partial charge in [0.25, 0.3) is 0 Å². The maximum Gasteiger partial charge on any atom is 0.122 e. The lowest BCUT2D eigenvalue weighted by atomic mass is 10.1. The van der Waals surface area contributed by atoms with Crippen molar-refractivity contribution < 1.29 is 9.47 Å². The van der Waals surface area contributed by atoms with Gasteiger partial charge < -0.3 is 15.2 Å². The smallest absolute Gasteiger partial charge is 0.122 e. The molecule has 1 atom stereocenters. The molecule has 2 aromatic carbocycles. The highest BCUT2D eigenvalue weighted by Crippen LogP contribution is 2.14. The molecule has 0 bridgehead atoms. The fourth-order valence-corrected chi connectivity index (χ4v) is 1.97. The van der Waals surface area contributed by atoms with Crippen LogP contribution in [0.3, 0.4) is 0 Å². The standard InChI is InChI=1S/C17H21NO2/c1-14(18)12-15-6-5-9-17(13-15)20-11-10-19-16-7-3-2-4-8-16/h2-9,13-14H,10-12,18H2,1H3. The molecule has 3 nitrogen and oxygen atoms in total. The molecule has 0 aliphatic rings. The Morgan fingerprint density at radius 1 is 0.900 bits per heavy atom. The van der Waals surface area contributed by atoms with Gasteiger partial charge in [0, 0.05) is 6.04 Å².